The van der Waals surface area contributed by atoms with Crippen molar-refractivity contribution in [3.63, 3.8) is 0 Å². The van der Waals surface area contributed by atoms with Crippen LogP contribution < -0.4 is 11.1 Å². The molecular weight excluding hydrogens is 246 g/mol. The van der Waals surface area contributed by atoms with Gasteiger partial charge in [0.15, 0.2) is 5.82 Å². The van der Waals surface area contributed by atoms with Crippen LogP contribution in [0.5, 0.6) is 0 Å². The molecule has 1 saturated heterocycles. The van der Waals surface area contributed by atoms with Gasteiger partial charge in [-0.05, 0) is 32.9 Å². The predicted molar refractivity (Wildman–Crippen MR) is 76.7 cm³/mol. The Bertz CT molecular complexity index is 436. The summed E-state index contributed by atoms with van der Waals surface area (Å²) >= 11 is 5.02. The number of rotatable bonds is 3. The number of nitrogens with zero attached hydrogens (tertiary/aromatic N) is 3. The van der Waals surface area contributed by atoms with Crippen LogP contribution in [0.2, 0.25) is 0 Å². The summed E-state index contributed by atoms with van der Waals surface area (Å²) in [5.41, 5.74) is 6.45. The molecule has 2 atom stereocenters. The molecule has 0 spiro atoms. The molecule has 5 nitrogen and oxygen atoms in total. The summed E-state index contributed by atoms with van der Waals surface area (Å²) in [7, 11) is 2.16. The van der Waals surface area contributed by atoms with Crippen molar-refractivity contribution in [3.8, 4) is 0 Å². The largest absolute Gasteiger partial charge is 0.389 e. The minimum atomic E-state index is 0.355. The molecule has 0 aliphatic carbocycles. The fourth-order valence-corrected chi connectivity index (χ4v) is 2.42. The van der Waals surface area contributed by atoms with Gasteiger partial charge in [-0.15, -0.1) is 5.10 Å². The van der Waals surface area contributed by atoms with E-state index in [1.54, 1.807) is 12.3 Å². The van der Waals surface area contributed by atoms with Gasteiger partial charge in [0.05, 0.1) is 11.8 Å². The fraction of sp³-hybridized carbons (Fsp3) is 0.583. The Morgan fingerprint density at radius 3 is 3.06 bits per heavy atom. The van der Waals surface area contributed by atoms with Gasteiger partial charge in [-0.1, -0.05) is 12.2 Å². The average molecular weight is 265 g/mol. The van der Waals surface area contributed by atoms with Gasteiger partial charge in [0.2, 0.25) is 0 Å². The summed E-state index contributed by atoms with van der Waals surface area (Å²) in [6.45, 7) is 3.32. The van der Waals surface area contributed by atoms with Gasteiger partial charge in [-0.3, -0.25) is 0 Å². The van der Waals surface area contributed by atoms with Crippen LogP contribution in [0.1, 0.15) is 25.3 Å². The first-order valence-electron chi connectivity index (χ1n) is 6.16. The maximum Gasteiger partial charge on any atom is 0.159 e. The summed E-state index contributed by atoms with van der Waals surface area (Å²) in [4.78, 5) is 2.72. The highest BCUT2D eigenvalue weighted by Crippen LogP contribution is 2.20. The number of anilines is 1. The van der Waals surface area contributed by atoms with E-state index in [9.17, 15) is 0 Å². The van der Waals surface area contributed by atoms with Crippen LogP contribution in [-0.2, 0) is 0 Å². The van der Waals surface area contributed by atoms with Crippen molar-refractivity contribution in [2.75, 3.05) is 18.9 Å². The highest BCUT2D eigenvalue weighted by atomic mass is 32.1. The van der Waals surface area contributed by atoms with Crippen LogP contribution in [0, 0.1) is 0 Å². The molecule has 0 aromatic carbocycles. The van der Waals surface area contributed by atoms with E-state index in [2.05, 4.69) is 34.4 Å². The first-order valence-corrected chi connectivity index (χ1v) is 6.57. The second-order valence-electron chi connectivity index (χ2n) is 4.85. The van der Waals surface area contributed by atoms with Crippen molar-refractivity contribution in [2.45, 2.75) is 31.8 Å². The molecule has 0 radical (unpaired) electrons. The highest BCUT2D eigenvalue weighted by Gasteiger charge is 2.23. The summed E-state index contributed by atoms with van der Waals surface area (Å²) in [5.74, 6) is 0.701. The van der Waals surface area contributed by atoms with Crippen molar-refractivity contribution in [3.05, 3.63) is 17.8 Å². The number of aromatic nitrogens is 2. The normalized spacial score (nSPS) is 24.8. The van der Waals surface area contributed by atoms with E-state index in [1.165, 1.54) is 0 Å². The Labute approximate surface area is 113 Å². The van der Waals surface area contributed by atoms with Gasteiger partial charge >= 0.3 is 0 Å². The van der Waals surface area contributed by atoms with Crippen molar-refractivity contribution in [2.24, 2.45) is 5.73 Å². The number of piperidine rings is 1. The van der Waals surface area contributed by atoms with Gasteiger partial charge in [-0.25, -0.2) is 0 Å². The molecule has 6 heteroatoms. The molecule has 0 amide bonds. The second-order valence-corrected chi connectivity index (χ2v) is 5.29. The van der Waals surface area contributed by atoms with Crippen LogP contribution in [0.15, 0.2) is 12.3 Å². The average Bonchev–Trinajstić information content (AvgIpc) is 2.34. The van der Waals surface area contributed by atoms with Crippen LogP contribution in [0.25, 0.3) is 0 Å². The third kappa shape index (κ3) is 2.94. The van der Waals surface area contributed by atoms with E-state index in [4.69, 9.17) is 18.0 Å². The lowest BCUT2D eigenvalue weighted by molar-refractivity contribution is 0.190. The standard InChI is InChI=1S/C12H19N5S/c1-8-7-9(4-6-17(8)2)15-12-10(11(13)18)3-5-14-16-12/h3,5,8-9H,4,6-7H2,1-2H3,(H2,13,18)(H,15,16). The van der Waals surface area contributed by atoms with Crippen molar-refractivity contribution in [1.29, 1.82) is 0 Å². The van der Waals surface area contributed by atoms with Gasteiger partial charge in [0, 0.05) is 18.6 Å². The predicted octanol–water partition coefficient (Wildman–Crippen LogP) is 1.01. The van der Waals surface area contributed by atoms with E-state index >= 15 is 0 Å². The number of nitrogens with two attached hydrogens (primary N) is 1. The monoisotopic (exact) mass is 265 g/mol. The van der Waals surface area contributed by atoms with E-state index in [-0.39, 0.29) is 0 Å². The molecule has 1 aliphatic heterocycles. The molecule has 1 aromatic heterocycles. The number of nitrogens with one attached hydrogen (secondary N) is 1. The van der Waals surface area contributed by atoms with Crippen LogP contribution in [0.3, 0.4) is 0 Å². The SMILES string of the molecule is CC1CC(Nc2nnccc2C(N)=S)CCN1C. The maximum atomic E-state index is 5.68. The minimum absolute atomic E-state index is 0.355. The quantitative estimate of drug-likeness (QED) is 0.795. The minimum Gasteiger partial charge on any atom is -0.389 e. The Kier molecular flexibility index (Phi) is 4.08. The van der Waals surface area contributed by atoms with Crippen molar-refractivity contribution < 1.29 is 0 Å². The third-order valence-electron chi connectivity index (χ3n) is 3.54. The van der Waals surface area contributed by atoms with E-state index in [0.717, 1.165) is 24.9 Å². The zero-order valence-electron chi connectivity index (χ0n) is 10.8. The number of thiocarbonyl (C=S) groups is 1. The van der Waals surface area contributed by atoms with E-state index in [0.29, 0.717) is 22.9 Å². The van der Waals surface area contributed by atoms with Gasteiger partial charge in [0.1, 0.15) is 4.99 Å². The summed E-state index contributed by atoms with van der Waals surface area (Å²) in [6, 6.07) is 2.78. The van der Waals surface area contributed by atoms with Crippen molar-refractivity contribution >= 4 is 23.0 Å². The molecule has 1 aromatic rings. The first kappa shape index (κ1) is 13.2. The summed E-state index contributed by atoms with van der Waals surface area (Å²) in [6.07, 6.45) is 3.79. The molecule has 2 unspecified atom stereocenters. The molecule has 0 saturated carbocycles. The molecule has 2 rings (SSSR count). The van der Waals surface area contributed by atoms with E-state index in [1.807, 2.05) is 0 Å². The topological polar surface area (TPSA) is 67.1 Å². The molecule has 18 heavy (non-hydrogen) atoms. The molecule has 0 bridgehead atoms. The number of likely N-dealkylation sites (tertiary alicyclic amines) is 1. The van der Waals surface area contributed by atoms with Crippen LogP contribution in [0.4, 0.5) is 5.82 Å². The van der Waals surface area contributed by atoms with E-state index < -0.39 is 0 Å². The Hall–Kier alpha value is -1.27. The van der Waals surface area contributed by atoms with Crippen LogP contribution in [-0.4, -0.2) is 45.8 Å². The third-order valence-corrected chi connectivity index (χ3v) is 3.76. The van der Waals surface area contributed by atoms with Gasteiger partial charge in [0.25, 0.3) is 0 Å². The molecule has 3 N–H and O–H groups in total. The number of hydrogen-bond acceptors (Lipinski definition) is 5. The zero-order chi connectivity index (χ0) is 13.1. The van der Waals surface area contributed by atoms with Gasteiger partial charge < -0.3 is 16.0 Å². The maximum absolute atomic E-state index is 5.68. The van der Waals surface area contributed by atoms with Gasteiger partial charge in [-0.2, -0.15) is 5.10 Å². The summed E-state index contributed by atoms with van der Waals surface area (Å²) in [5, 5.41) is 11.4. The Morgan fingerprint density at radius 1 is 1.61 bits per heavy atom. The lowest BCUT2D eigenvalue weighted by Gasteiger charge is -2.35. The fourth-order valence-electron chi connectivity index (χ4n) is 2.25. The summed E-state index contributed by atoms with van der Waals surface area (Å²) < 4.78 is 0. The lowest BCUT2D eigenvalue weighted by atomic mass is 9.99. The first-order chi connectivity index (χ1) is 8.58. The smallest absolute Gasteiger partial charge is 0.159 e. The van der Waals surface area contributed by atoms with Crippen LogP contribution >= 0.6 is 12.2 Å². The molecule has 1 fully saturated rings. The van der Waals surface area contributed by atoms with Crippen molar-refractivity contribution in [1.82, 2.24) is 15.1 Å². The second kappa shape index (κ2) is 5.58. The zero-order valence-corrected chi connectivity index (χ0v) is 11.6. The highest BCUT2D eigenvalue weighted by molar-refractivity contribution is 7.80. The molecule has 2 heterocycles. The number of hydrogen-bond donors (Lipinski definition) is 2. The molecule has 1 aliphatic rings. The Balaban J connectivity index is 2.08. The Morgan fingerprint density at radius 2 is 2.39 bits per heavy atom. The molecule has 98 valence electrons. The molecular formula is C12H19N5S. The lowest BCUT2D eigenvalue weighted by Crippen LogP contribution is -2.43.